The van der Waals surface area contributed by atoms with Gasteiger partial charge in [0.2, 0.25) is 5.88 Å². The van der Waals surface area contributed by atoms with Crippen molar-refractivity contribution in [2.75, 3.05) is 26.7 Å². The first-order valence-electron chi connectivity index (χ1n) is 12.5. The molecule has 0 fully saturated rings. The molecule has 33 heavy (non-hydrogen) atoms. The summed E-state index contributed by atoms with van der Waals surface area (Å²) in [6.45, 7) is 18.5. The third-order valence-electron chi connectivity index (χ3n) is 6.34. The summed E-state index contributed by atoms with van der Waals surface area (Å²) < 4.78 is 8.00. The van der Waals surface area contributed by atoms with Gasteiger partial charge in [0.05, 0.1) is 24.1 Å². The lowest BCUT2D eigenvalue weighted by molar-refractivity contribution is 0.230. The van der Waals surface area contributed by atoms with E-state index in [2.05, 4.69) is 69.3 Å². The summed E-state index contributed by atoms with van der Waals surface area (Å²) in [6.07, 6.45) is 5.64. The lowest BCUT2D eigenvalue weighted by atomic mass is 10.1. The molecule has 0 saturated carbocycles. The maximum Gasteiger partial charge on any atom is 0.222 e. The van der Waals surface area contributed by atoms with Crippen LogP contribution in [0, 0.1) is 13.8 Å². The molecular weight excluding hydrogens is 410 g/mol. The summed E-state index contributed by atoms with van der Waals surface area (Å²) >= 11 is 0. The molecule has 0 bridgehead atoms. The topological polar surface area (TPSA) is 56.1 Å². The molecule has 0 aliphatic rings. The highest BCUT2D eigenvalue weighted by Gasteiger charge is 2.21. The van der Waals surface area contributed by atoms with E-state index >= 15 is 0 Å². The Balaban J connectivity index is 2.06. The summed E-state index contributed by atoms with van der Waals surface area (Å²) in [5, 5.41) is 0. The van der Waals surface area contributed by atoms with E-state index in [1.807, 2.05) is 6.92 Å². The normalized spacial score (nSPS) is 12.8. The van der Waals surface area contributed by atoms with Gasteiger partial charge in [-0.05, 0) is 69.8 Å². The highest BCUT2D eigenvalue weighted by molar-refractivity contribution is 5.81. The van der Waals surface area contributed by atoms with E-state index in [0.29, 0.717) is 17.8 Å². The number of fused-ring (bicyclic) bond motifs is 1. The lowest BCUT2D eigenvalue weighted by Crippen LogP contribution is -2.32. The maximum atomic E-state index is 5.65. The van der Waals surface area contributed by atoms with E-state index in [1.54, 1.807) is 7.11 Å². The first kappa shape index (κ1) is 25.2. The Hall–Kier alpha value is -2.47. The van der Waals surface area contributed by atoms with Crippen molar-refractivity contribution in [3.63, 3.8) is 0 Å². The van der Waals surface area contributed by atoms with Crippen LogP contribution < -0.4 is 4.74 Å². The van der Waals surface area contributed by atoms with Crippen molar-refractivity contribution in [3.8, 4) is 17.1 Å². The minimum atomic E-state index is 0.338. The van der Waals surface area contributed by atoms with Crippen LogP contribution in [0.2, 0.25) is 0 Å². The molecule has 0 aliphatic carbocycles. The molecule has 3 heterocycles. The molecule has 0 saturated heterocycles. The fraction of sp³-hybridized carbons (Fsp3) is 0.593. The molecule has 0 N–H and O–H groups in total. The first-order valence-corrected chi connectivity index (χ1v) is 12.5. The molecule has 0 radical (unpaired) electrons. The van der Waals surface area contributed by atoms with Crippen molar-refractivity contribution in [2.24, 2.45) is 0 Å². The van der Waals surface area contributed by atoms with Gasteiger partial charge < -0.3 is 14.2 Å². The average molecular weight is 452 g/mol. The maximum absolute atomic E-state index is 5.65. The summed E-state index contributed by atoms with van der Waals surface area (Å²) in [5.41, 5.74) is 6.73. The Morgan fingerprint density at radius 2 is 1.70 bits per heavy atom. The summed E-state index contributed by atoms with van der Waals surface area (Å²) in [7, 11) is 1.67. The van der Waals surface area contributed by atoms with Gasteiger partial charge in [-0.2, -0.15) is 0 Å². The zero-order valence-electron chi connectivity index (χ0n) is 21.8. The average Bonchev–Trinajstić information content (AvgIpc) is 3.11. The number of nitrogens with zero attached hydrogens (tertiary/aromatic N) is 5. The van der Waals surface area contributed by atoms with Gasteiger partial charge in [0.25, 0.3) is 0 Å². The number of rotatable bonds is 11. The zero-order chi connectivity index (χ0) is 24.1. The Morgan fingerprint density at radius 3 is 2.27 bits per heavy atom. The van der Waals surface area contributed by atoms with Gasteiger partial charge in [-0.15, -0.1) is 0 Å². The SMILES string of the molecule is CCCN(CCC)C[C@@H](CC)n1cc(C)c2nc(-c3ccc(C(C)C)nc3OC)c(C)nc21. The van der Waals surface area contributed by atoms with Crippen LogP contribution in [0.3, 0.4) is 0 Å². The Morgan fingerprint density at radius 1 is 1.00 bits per heavy atom. The van der Waals surface area contributed by atoms with Crippen molar-refractivity contribution in [1.82, 2.24) is 24.4 Å². The van der Waals surface area contributed by atoms with Crippen LogP contribution in [0.5, 0.6) is 5.88 Å². The van der Waals surface area contributed by atoms with E-state index in [-0.39, 0.29) is 0 Å². The van der Waals surface area contributed by atoms with Crippen molar-refractivity contribution in [3.05, 3.63) is 35.3 Å². The highest BCUT2D eigenvalue weighted by atomic mass is 16.5. The number of ether oxygens (including phenoxy) is 1. The predicted octanol–water partition coefficient (Wildman–Crippen LogP) is 6.32. The van der Waals surface area contributed by atoms with E-state index in [0.717, 1.165) is 65.4 Å². The van der Waals surface area contributed by atoms with Crippen LogP contribution in [0.15, 0.2) is 18.3 Å². The van der Waals surface area contributed by atoms with Crippen LogP contribution in [0.25, 0.3) is 22.4 Å². The predicted molar refractivity (Wildman–Crippen MR) is 137 cm³/mol. The molecule has 0 unspecified atom stereocenters. The molecule has 3 rings (SSSR count). The molecule has 6 heteroatoms. The monoisotopic (exact) mass is 451 g/mol. The van der Waals surface area contributed by atoms with Gasteiger partial charge in [0.1, 0.15) is 5.52 Å². The number of pyridine rings is 1. The molecule has 0 spiro atoms. The summed E-state index contributed by atoms with van der Waals surface area (Å²) in [6, 6.07) is 4.51. The molecule has 6 nitrogen and oxygen atoms in total. The zero-order valence-corrected chi connectivity index (χ0v) is 21.8. The third-order valence-corrected chi connectivity index (χ3v) is 6.34. The summed E-state index contributed by atoms with van der Waals surface area (Å²) in [5.74, 6) is 0.945. The second kappa shape index (κ2) is 11.1. The number of hydrogen-bond acceptors (Lipinski definition) is 5. The fourth-order valence-corrected chi connectivity index (χ4v) is 4.57. The van der Waals surface area contributed by atoms with E-state index in [1.165, 1.54) is 12.8 Å². The van der Waals surface area contributed by atoms with Crippen molar-refractivity contribution in [2.45, 2.75) is 79.7 Å². The van der Waals surface area contributed by atoms with Gasteiger partial charge in [-0.3, -0.25) is 0 Å². The van der Waals surface area contributed by atoms with Gasteiger partial charge in [-0.25, -0.2) is 15.0 Å². The third kappa shape index (κ3) is 5.37. The van der Waals surface area contributed by atoms with Gasteiger partial charge in [0.15, 0.2) is 5.65 Å². The van der Waals surface area contributed by atoms with Gasteiger partial charge in [-0.1, -0.05) is 34.6 Å². The van der Waals surface area contributed by atoms with Crippen LogP contribution in [0.4, 0.5) is 0 Å². The molecular formula is C27H41N5O. The lowest BCUT2D eigenvalue weighted by Gasteiger charge is -2.27. The standard InChI is InChI=1S/C27H41N5O/c1-9-14-31(15-10-2)17-21(11-3)32-16-19(6)24-26(32)28-20(7)25(30-24)22-12-13-23(18(4)5)29-27(22)33-8/h12-13,16,18,21H,9-11,14-15,17H2,1-8H3/t21-/m1/s1. The molecule has 3 aromatic rings. The molecule has 3 aromatic heterocycles. The van der Waals surface area contributed by atoms with Crippen molar-refractivity contribution >= 4 is 11.2 Å². The number of aryl methyl sites for hydroxylation is 2. The van der Waals surface area contributed by atoms with E-state index in [9.17, 15) is 0 Å². The van der Waals surface area contributed by atoms with Gasteiger partial charge in [0, 0.05) is 24.5 Å². The quantitative estimate of drug-likeness (QED) is 0.342. The smallest absolute Gasteiger partial charge is 0.222 e. The molecule has 0 aliphatic heterocycles. The number of hydrogen-bond donors (Lipinski definition) is 0. The molecule has 0 aromatic carbocycles. The van der Waals surface area contributed by atoms with E-state index in [4.69, 9.17) is 19.7 Å². The highest BCUT2D eigenvalue weighted by Crippen LogP contribution is 2.33. The largest absolute Gasteiger partial charge is 0.480 e. The molecule has 180 valence electrons. The summed E-state index contributed by atoms with van der Waals surface area (Å²) in [4.78, 5) is 17.5. The van der Waals surface area contributed by atoms with Crippen molar-refractivity contribution < 1.29 is 4.74 Å². The molecule has 1 atom stereocenters. The van der Waals surface area contributed by atoms with Crippen LogP contribution in [-0.4, -0.2) is 51.2 Å². The van der Waals surface area contributed by atoms with Crippen molar-refractivity contribution in [1.29, 1.82) is 0 Å². The first-order chi connectivity index (χ1) is 15.8. The van der Waals surface area contributed by atoms with Crippen LogP contribution >= 0.6 is 0 Å². The number of methoxy groups -OCH3 is 1. The molecule has 0 amide bonds. The Bertz CT molecular complexity index is 1070. The Labute approximate surface area is 199 Å². The van der Waals surface area contributed by atoms with Gasteiger partial charge >= 0.3 is 0 Å². The second-order valence-electron chi connectivity index (χ2n) is 9.36. The second-order valence-corrected chi connectivity index (χ2v) is 9.36. The fourth-order valence-electron chi connectivity index (χ4n) is 4.57. The van der Waals surface area contributed by atoms with Crippen LogP contribution in [0.1, 0.15) is 82.8 Å². The minimum Gasteiger partial charge on any atom is -0.480 e. The Kier molecular flexibility index (Phi) is 8.46. The van der Waals surface area contributed by atoms with E-state index < -0.39 is 0 Å². The minimum absolute atomic E-state index is 0.338. The number of aromatic nitrogens is 4. The van der Waals surface area contributed by atoms with Crippen LogP contribution in [-0.2, 0) is 0 Å².